The van der Waals surface area contributed by atoms with Crippen molar-refractivity contribution in [1.29, 1.82) is 0 Å². The lowest BCUT2D eigenvalue weighted by Crippen LogP contribution is -2.17. The lowest BCUT2D eigenvalue weighted by atomic mass is 10.1. The largest absolute Gasteiger partial charge is 0.481 e. The summed E-state index contributed by atoms with van der Waals surface area (Å²) >= 11 is 0. The summed E-state index contributed by atoms with van der Waals surface area (Å²) in [5.41, 5.74) is 2.56. The summed E-state index contributed by atoms with van der Waals surface area (Å²) in [6, 6.07) is 3.55. The maximum Gasteiger partial charge on any atom is 0.411 e. The predicted octanol–water partition coefficient (Wildman–Crippen LogP) is 3.69. The highest BCUT2D eigenvalue weighted by Crippen LogP contribution is 2.31. The summed E-state index contributed by atoms with van der Waals surface area (Å²) in [6.45, 7) is 4.29. The van der Waals surface area contributed by atoms with Gasteiger partial charge in [0.2, 0.25) is 5.88 Å². The van der Waals surface area contributed by atoms with E-state index in [0.717, 1.165) is 18.4 Å². The molecule has 0 aromatic carbocycles. The first-order chi connectivity index (χ1) is 11.6. The first-order valence-corrected chi connectivity index (χ1v) is 7.90. The third kappa shape index (κ3) is 4.11. The van der Waals surface area contributed by atoms with Gasteiger partial charge >= 0.3 is 6.09 Å². The van der Waals surface area contributed by atoms with Crippen molar-refractivity contribution in [1.82, 2.24) is 9.97 Å². The van der Waals surface area contributed by atoms with Gasteiger partial charge in [-0.05, 0) is 19.4 Å². The second-order valence-electron chi connectivity index (χ2n) is 5.30. The predicted molar refractivity (Wildman–Crippen MR) is 91.4 cm³/mol. The number of methoxy groups -OCH3 is 2. The molecule has 2 aromatic rings. The number of nitrogens with zero attached hydrogens (tertiary/aromatic N) is 2. The van der Waals surface area contributed by atoms with E-state index in [4.69, 9.17) is 14.2 Å². The molecular formula is C17H23N3O4. The number of pyridine rings is 2. The quantitative estimate of drug-likeness (QED) is 0.778. The molecule has 1 unspecified atom stereocenters. The minimum Gasteiger partial charge on any atom is -0.481 e. The fraction of sp³-hybridized carbons (Fsp3) is 0.471. The number of nitrogens with one attached hydrogen (secondary N) is 1. The van der Waals surface area contributed by atoms with Gasteiger partial charge in [0.05, 0.1) is 37.2 Å². The molecule has 1 atom stereocenters. The number of amides is 1. The Morgan fingerprint density at radius 2 is 2.12 bits per heavy atom. The molecule has 7 nitrogen and oxygen atoms in total. The molecule has 0 saturated carbocycles. The molecule has 130 valence electrons. The van der Waals surface area contributed by atoms with Crippen molar-refractivity contribution in [2.75, 3.05) is 26.1 Å². The van der Waals surface area contributed by atoms with Gasteiger partial charge in [0.15, 0.2) is 0 Å². The summed E-state index contributed by atoms with van der Waals surface area (Å²) in [6.07, 6.45) is 2.56. The smallest absolute Gasteiger partial charge is 0.411 e. The highest BCUT2D eigenvalue weighted by atomic mass is 16.5. The molecule has 2 heterocycles. The zero-order valence-corrected chi connectivity index (χ0v) is 14.5. The van der Waals surface area contributed by atoms with E-state index in [-0.39, 0.29) is 6.10 Å². The number of fused-ring (bicyclic) bond motifs is 1. The number of carbonyl (C=O) groups is 1. The van der Waals surface area contributed by atoms with E-state index in [1.54, 1.807) is 26.5 Å². The maximum atomic E-state index is 12.0. The Morgan fingerprint density at radius 1 is 1.33 bits per heavy atom. The highest BCUT2D eigenvalue weighted by molar-refractivity contribution is 5.91. The van der Waals surface area contributed by atoms with Gasteiger partial charge in [-0.3, -0.25) is 10.3 Å². The highest BCUT2D eigenvalue weighted by Gasteiger charge is 2.19. The standard InChI is InChI=1S/C17H23N3O4/c1-5-6-9-24-17(21)19-13-10-18-12-7-8-14(23-4)20-16(12)15(13)11(2)22-3/h7-8,10-11H,5-6,9H2,1-4H3,(H,19,21). The van der Waals surface area contributed by atoms with Crippen LogP contribution in [-0.4, -0.2) is 36.9 Å². The minimum atomic E-state index is -0.517. The average Bonchev–Trinajstić information content (AvgIpc) is 2.60. The Morgan fingerprint density at radius 3 is 2.79 bits per heavy atom. The molecule has 7 heteroatoms. The van der Waals surface area contributed by atoms with Crippen LogP contribution in [0.4, 0.5) is 10.5 Å². The molecule has 2 rings (SSSR count). The zero-order valence-electron chi connectivity index (χ0n) is 14.5. The van der Waals surface area contributed by atoms with Gasteiger partial charge in [-0.15, -0.1) is 0 Å². The summed E-state index contributed by atoms with van der Waals surface area (Å²) < 4.78 is 15.8. The average molecular weight is 333 g/mol. The third-order valence-corrected chi connectivity index (χ3v) is 3.66. The molecule has 0 fully saturated rings. The Labute approximate surface area is 141 Å². The van der Waals surface area contributed by atoms with Gasteiger partial charge in [-0.25, -0.2) is 9.78 Å². The van der Waals surface area contributed by atoms with Crippen LogP contribution in [0, 0.1) is 0 Å². The third-order valence-electron chi connectivity index (χ3n) is 3.66. The Balaban J connectivity index is 2.39. The molecule has 0 spiro atoms. The Kier molecular flexibility index (Phi) is 6.31. The molecule has 1 N–H and O–H groups in total. The molecule has 24 heavy (non-hydrogen) atoms. The first kappa shape index (κ1) is 17.9. The lowest BCUT2D eigenvalue weighted by Gasteiger charge is -2.17. The Hall–Kier alpha value is -2.41. The molecule has 0 aliphatic carbocycles. The summed E-state index contributed by atoms with van der Waals surface area (Å²) in [7, 11) is 3.15. The van der Waals surface area contributed by atoms with Crippen LogP contribution in [0.15, 0.2) is 18.3 Å². The molecule has 1 amide bonds. The molecule has 0 bridgehead atoms. The number of aromatic nitrogens is 2. The van der Waals surface area contributed by atoms with E-state index in [1.165, 1.54) is 0 Å². The zero-order chi connectivity index (χ0) is 17.5. The van der Waals surface area contributed by atoms with Crippen LogP contribution in [0.1, 0.15) is 38.4 Å². The van der Waals surface area contributed by atoms with E-state index in [9.17, 15) is 4.79 Å². The number of anilines is 1. The summed E-state index contributed by atoms with van der Waals surface area (Å²) in [4.78, 5) is 20.8. The van der Waals surface area contributed by atoms with Crippen molar-refractivity contribution in [3.63, 3.8) is 0 Å². The van der Waals surface area contributed by atoms with Crippen LogP contribution in [0.25, 0.3) is 11.0 Å². The lowest BCUT2D eigenvalue weighted by molar-refractivity contribution is 0.121. The SMILES string of the molecule is CCCCOC(=O)Nc1cnc2ccc(OC)nc2c1C(C)OC. The molecular weight excluding hydrogens is 310 g/mol. The van der Waals surface area contributed by atoms with Crippen molar-refractivity contribution in [2.45, 2.75) is 32.8 Å². The monoisotopic (exact) mass is 333 g/mol. The molecule has 0 aliphatic heterocycles. The van der Waals surface area contributed by atoms with Crippen molar-refractivity contribution in [3.8, 4) is 5.88 Å². The Bertz CT molecular complexity index is 706. The summed E-state index contributed by atoms with van der Waals surface area (Å²) in [5, 5.41) is 2.73. The van der Waals surface area contributed by atoms with Gasteiger partial charge < -0.3 is 14.2 Å². The van der Waals surface area contributed by atoms with Crippen molar-refractivity contribution >= 4 is 22.8 Å². The van der Waals surface area contributed by atoms with Crippen molar-refractivity contribution < 1.29 is 19.0 Å². The molecule has 0 saturated heterocycles. The van der Waals surface area contributed by atoms with E-state index in [1.807, 2.05) is 19.9 Å². The first-order valence-electron chi connectivity index (χ1n) is 7.90. The van der Waals surface area contributed by atoms with Gasteiger partial charge in [0.25, 0.3) is 0 Å². The number of rotatable bonds is 7. The van der Waals surface area contributed by atoms with Crippen LogP contribution in [0.3, 0.4) is 0 Å². The van der Waals surface area contributed by atoms with Crippen LogP contribution in [0.2, 0.25) is 0 Å². The fourth-order valence-electron chi connectivity index (χ4n) is 2.27. The number of carbonyl (C=O) groups excluding carboxylic acids is 1. The van der Waals surface area contributed by atoms with Crippen molar-refractivity contribution in [2.24, 2.45) is 0 Å². The van der Waals surface area contributed by atoms with Gasteiger partial charge in [-0.1, -0.05) is 13.3 Å². The second kappa shape index (κ2) is 8.44. The minimum absolute atomic E-state index is 0.291. The van der Waals surface area contributed by atoms with Crippen LogP contribution >= 0.6 is 0 Å². The van der Waals surface area contributed by atoms with Gasteiger partial charge in [0.1, 0.15) is 5.52 Å². The van der Waals surface area contributed by atoms with Crippen LogP contribution in [0.5, 0.6) is 5.88 Å². The van der Waals surface area contributed by atoms with E-state index >= 15 is 0 Å². The number of ether oxygens (including phenoxy) is 3. The normalized spacial score (nSPS) is 12.0. The van der Waals surface area contributed by atoms with Crippen molar-refractivity contribution in [3.05, 3.63) is 23.9 Å². The second-order valence-corrected chi connectivity index (χ2v) is 5.30. The number of hydrogen-bond acceptors (Lipinski definition) is 6. The number of hydrogen-bond donors (Lipinski definition) is 1. The molecule has 0 radical (unpaired) electrons. The molecule has 2 aromatic heterocycles. The topological polar surface area (TPSA) is 82.6 Å². The van der Waals surface area contributed by atoms with E-state index < -0.39 is 6.09 Å². The van der Waals surface area contributed by atoms with Crippen LogP contribution in [-0.2, 0) is 9.47 Å². The maximum absolute atomic E-state index is 12.0. The van der Waals surface area contributed by atoms with E-state index in [2.05, 4.69) is 15.3 Å². The van der Waals surface area contributed by atoms with Gasteiger partial charge in [-0.2, -0.15) is 0 Å². The fourth-order valence-corrected chi connectivity index (χ4v) is 2.27. The van der Waals surface area contributed by atoms with Crippen LogP contribution < -0.4 is 10.1 Å². The molecule has 0 aliphatic rings. The van der Waals surface area contributed by atoms with E-state index in [0.29, 0.717) is 29.2 Å². The van der Waals surface area contributed by atoms with Gasteiger partial charge in [0, 0.05) is 18.7 Å². The number of unbranched alkanes of at least 4 members (excludes halogenated alkanes) is 1. The summed E-state index contributed by atoms with van der Waals surface area (Å²) in [5.74, 6) is 0.469.